The average Bonchev–Trinajstić information content (AvgIpc) is 2.53. The van der Waals surface area contributed by atoms with Crippen molar-refractivity contribution in [2.75, 3.05) is 5.73 Å². The molecule has 0 aliphatic heterocycles. The van der Waals surface area contributed by atoms with E-state index in [0.717, 1.165) is 34.2 Å². The van der Waals surface area contributed by atoms with E-state index in [1.807, 2.05) is 24.3 Å². The first-order valence-corrected chi connectivity index (χ1v) is 7.23. The van der Waals surface area contributed by atoms with Crippen molar-refractivity contribution in [2.24, 2.45) is 0 Å². The lowest BCUT2D eigenvalue weighted by molar-refractivity contribution is -0.137. The van der Waals surface area contributed by atoms with Gasteiger partial charge in [-0.2, -0.15) is 13.2 Å². The summed E-state index contributed by atoms with van der Waals surface area (Å²) in [6.45, 7) is 0. The van der Waals surface area contributed by atoms with Crippen LogP contribution in [-0.2, 0) is 19.0 Å². The topological polar surface area (TPSA) is 38.9 Å². The Kier molecular flexibility index (Phi) is 3.94. The van der Waals surface area contributed by atoms with Gasteiger partial charge in [0, 0.05) is 28.4 Å². The molecule has 0 atom stereocenters. The number of fused-ring (bicyclic) bond motifs is 1. The van der Waals surface area contributed by atoms with Gasteiger partial charge < -0.3 is 5.73 Å². The molecule has 0 bridgehead atoms. The summed E-state index contributed by atoms with van der Waals surface area (Å²) in [5, 5.41) is 1.93. The first-order chi connectivity index (χ1) is 10.9. The molecule has 1 aromatic heterocycles. The van der Waals surface area contributed by atoms with Crippen LogP contribution in [0.4, 0.5) is 18.9 Å². The molecular weight excluding hydrogens is 301 g/mol. The first-order valence-electron chi connectivity index (χ1n) is 7.23. The number of nitrogen functional groups attached to an aromatic ring is 1. The van der Waals surface area contributed by atoms with E-state index in [1.54, 1.807) is 6.20 Å². The molecule has 0 unspecified atom stereocenters. The molecule has 2 aromatic carbocycles. The van der Waals surface area contributed by atoms with Gasteiger partial charge in [-0.15, -0.1) is 0 Å². The number of halogens is 3. The summed E-state index contributed by atoms with van der Waals surface area (Å²) in [5.74, 6) is 0. The molecule has 3 aromatic rings. The van der Waals surface area contributed by atoms with E-state index in [0.29, 0.717) is 18.5 Å². The average molecular weight is 316 g/mol. The van der Waals surface area contributed by atoms with Gasteiger partial charge in [-0.25, -0.2) is 0 Å². The van der Waals surface area contributed by atoms with Gasteiger partial charge in [-0.05, 0) is 42.7 Å². The smallest absolute Gasteiger partial charge is 0.398 e. The van der Waals surface area contributed by atoms with Crippen LogP contribution >= 0.6 is 0 Å². The van der Waals surface area contributed by atoms with E-state index >= 15 is 0 Å². The van der Waals surface area contributed by atoms with Gasteiger partial charge in [0.1, 0.15) is 0 Å². The largest absolute Gasteiger partial charge is 0.416 e. The molecule has 2 N–H and O–H groups in total. The highest BCUT2D eigenvalue weighted by Gasteiger charge is 2.29. The zero-order valence-corrected chi connectivity index (χ0v) is 12.3. The normalized spacial score (nSPS) is 11.8. The highest BCUT2D eigenvalue weighted by Crippen LogP contribution is 2.29. The number of alkyl halides is 3. The number of pyridine rings is 1. The second kappa shape index (κ2) is 5.91. The Morgan fingerprint density at radius 3 is 2.30 bits per heavy atom. The molecule has 3 rings (SSSR count). The van der Waals surface area contributed by atoms with Crippen molar-refractivity contribution in [1.82, 2.24) is 4.98 Å². The molecule has 0 saturated heterocycles. The molecule has 0 aliphatic carbocycles. The third-order valence-corrected chi connectivity index (χ3v) is 3.85. The predicted molar refractivity (Wildman–Crippen MR) is 85.0 cm³/mol. The van der Waals surface area contributed by atoms with Crippen LogP contribution in [0.25, 0.3) is 10.8 Å². The maximum absolute atomic E-state index is 12.6. The number of rotatable bonds is 3. The van der Waals surface area contributed by atoms with Crippen molar-refractivity contribution in [1.29, 1.82) is 0 Å². The zero-order chi connectivity index (χ0) is 16.4. The monoisotopic (exact) mass is 316 g/mol. The molecule has 2 nitrogen and oxygen atoms in total. The van der Waals surface area contributed by atoms with E-state index < -0.39 is 11.7 Å². The lowest BCUT2D eigenvalue weighted by Gasteiger charge is -2.09. The minimum Gasteiger partial charge on any atom is -0.398 e. The van der Waals surface area contributed by atoms with Gasteiger partial charge in [0.25, 0.3) is 0 Å². The van der Waals surface area contributed by atoms with Gasteiger partial charge >= 0.3 is 6.18 Å². The number of aromatic nitrogens is 1. The maximum atomic E-state index is 12.6. The number of benzene rings is 2. The first kappa shape index (κ1) is 15.3. The van der Waals surface area contributed by atoms with Crippen LogP contribution in [0.15, 0.2) is 54.7 Å². The van der Waals surface area contributed by atoms with Crippen molar-refractivity contribution in [2.45, 2.75) is 19.0 Å². The van der Waals surface area contributed by atoms with Gasteiger partial charge in [0.2, 0.25) is 0 Å². The van der Waals surface area contributed by atoms with E-state index in [9.17, 15) is 13.2 Å². The van der Waals surface area contributed by atoms with Crippen LogP contribution in [0, 0.1) is 0 Å². The molecule has 0 fully saturated rings. The third kappa shape index (κ3) is 3.28. The van der Waals surface area contributed by atoms with Crippen LogP contribution < -0.4 is 5.73 Å². The minimum absolute atomic E-state index is 0.624. The minimum atomic E-state index is -4.30. The SMILES string of the molecule is Nc1cccc2c(CCc3ccc(C(F)(F)F)cc3)nccc12. The molecule has 0 radical (unpaired) electrons. The van der Waals surface area contributed by atoms with Gasteiger partial charge in [-0.1, -0.05) is 24.3 Å². The molecule has 23 heavy (non-hydrogen) atoms. The Bertz CT molecular complexity index is 824. The van der Waals surface area contributed by atoms with E-state index in [-0.39, 0.29) is 0 Å². The van der Waals surface area contributed by atoms with Crippen molar-refractivity contribution in [3.63, 3.8) is 0 Å². The standard InChI is InChI=1S/C18H15F3N2/c19-18(20,21)13-7-4-12(5-8-13)6-9-17-15-2-1-3-16(22)14(15)10-11-23-17/h1-5,7-8,10-11H,6,9,22H2. The maximum Gasteiger partial charge on any atom is 0.416 e. The Morgan fingerprint density at radius 1 is 0.870 bits per heavy atom. The number of hydrogen-bond donors (Lipinski definition) is 1. The molecule has 5 heteroatoms. The second-order valence-corrected chi connectivity index (χ2v) is 5.39. The molecule has 1 heterocycles. The molecule has 0 spiro atoms. The number of anilines is 1. The summed E-state index contributed by atoms with van der Waals surface area (Å²) in [7, 11) is 0. The van der Waals surface area contributed by atoms with E-state index in [2.05, 4.69) is 4.98 Å². The Balaban J connectivity index is 1.80. The summed E-state index contributed by atoms with van der Waals surface area (Å²) < 4.78 is 37.7. The summed E-state index contributed by atoms with van der Waals surface area (Å²) in [6, 6.07) is 12.8. The molecule has 0 saturated carbocycles. The van der Waals surface area contributed by atoms with Crippen LogP contribution in [0.3, 0.4) is 0 Å². The summed E-state index contributed by atoms with van der Waals surface area (Å²) in [6.07, 6.45) is -1.32. The lowest BCUT2D eigenvalue weighted by Crippen LogP contribution is -2.04. The third-order valence-electron chi connectivity index (χ3n) is 3.85. The Hall–Kier alpha value is -2.56. The highest BCUT2D eigenvalue weighted by molar-refractivity contribution is 5.94. The molecular formula is C18H15F3N2. The Labute approximate surface area is 131 Å². The van der Waals surface area contributed by atoms with Gasteiger partial charge in [0.15, 0.2) is 0 Å². The van der Waals surface area contributed by atoms with Crippen LogP contribution in [0.2, 0.25) is 0 Å². The van der Waals surface area contributed by atoms with Gasteiger partial charge in [-0.3, -0.25) is 4.98 Å². The number of nitrogens with two attached hydrogens (primary N) is 1. The fraction of sp³-hybridized carbons (Fsp3) is 0.167. The number of hydrogen-bond acceptors (Lipinski definition) is 2. The predicted octanol–water partition coefficient (Wildman–Crippen LogP) is 4.62. The van der Waals surface area contributed by atoms with Crippen molar-refractivity contribution in [3.8, 4) is 0 Å². The Morgan fingerprint density at radius 2 is 1.61 bits per heavy atom. The van der Waals surface area contributed by atoms with Crippen LogP contribution in [0.5, 0.6) is 0 Å². The van der Waals surface area contributed by atoms with Crippen LogP contribution in [0.1, 0.15) is 16.8 Å². The van der Waals surface area contributed by atoms with E-state index in [4.69, 9.17) is 5.73 Å². The van der Waals surface area contributed by atoms with Crippen molar-refractivity contribution < 1.29 is 13.2 Å². The summed E-state index contributed by atoms with van der Waals surface area (Å²) >= 11 is 0. The van der Waals surface area contributed by atoms with E-state index in [1.165, 1.54) is 12.1 Å². The van der Waals surface area contributed by atoms with Gasteiger partial charge in [0.05, 0.1) is 5.56 Å². The molecule has 118 valence electrons. The fourth-order valence-corrected chi connectivity index (χ4v) is 2.61. The van der Waals surface area contributed by atoms with Crippen molar-refractivity contribution in [3.05, 3.63) is 71.5 Å². The number of nitrogens with zero attached hydrogens (tertiary/aromatic N) is 1. The molecule has 0 amide bonds. The van der Waals surface area contributed by atoms with Crippen molar-refractivity contribution >= 4 is 16.5 Å². The second-order valence-electron chi connectivity index (χ2n) is 5.39. The summed E-state index contributed by atoms with van der Waals surface area (Å²) in [5.41, 5.74) is 7.77. The quantitative estimate of drug-likeness (QED) is 0.716. The fourth-order valence-electron chi connectivity index (χ4n) is 2.61. The highest BCUT2D eigenvalue weighted by atomic mass is 19.4. The lowest BCUT2D eigenvalue weighted by atomic mass is 10.0. The summed E-state index contributed by atoms with van der Waals surface area (Å²) in [4.78, 5) is 4.38. The zero-order valence-electron chi connectivity index (χ0n) is 12.3. The van der Waals surface area contributed by atoms with Crippen LogP contribution in [-0.4, -0.2) is 4.98 Å². The number of aryl methyl sites for hydroxylation is 2. The molecule has 0 aliphatic rings.